The standard InChI is InChI=1S/C48H85N11O15/c1-4-5-6-7-8-9-10-11-12-13-14-15-16-18-29(54-26-30(28-19-23-53-46(50)55-28)56-47(70)58-33(27(2)3)43(66)67)41(65)52-22-17-21-51-34(44(68)69)39(74-45-38(64)35(61)31(25-49)72-45)40-36(62)37(63)42(73-40)59-24-20-32(60)57-48(59)71/h20,24,27-31,33-40,42,45,51,54,61-64H,4-19,21-23,25-26,49H2,1-3H3,(H,52,65)(H,66,67)(H,68,69)(H3,50,53,55)(H2,56,58,70)(H,57,60,71)/t28-,29-,30+,31+,33-,34-,35+,36-,37+,38+,39-,40-,42+,45-/m0/s1. The smallest absolute Gasteiger partial charge is 0.330 e. The maximum Gasteiger partial charge on any atom is 0.330 e. The average molecular weight is 1060 g/mol. The first-order chi connectivity index (χ1) is 35.4. The van der Waals surface area contributed by atoms with Crippen molar-refractivity contribution in [2.24, 2.45) is 22.4 Å². The highest BCUT2D eigenvalue weighted by Crippen LogP contribution is 2.34. The lowest BCUT2D eigenvalue weighted by Gasteiger charge is -2.33. The van der Waals surface area contributed by atoms with E-state index in [0.29, 0.717) is 25.8 Å². The molecule has 26 nitrogen and oxygen atoms in total. The van der Waals surface area contributed by atoms with Crippen molar-refractivity contribution in [2.75, 3.05) is 32.7 Å². The summed E-state index contributed by atoms with van der Waals surface area (Å²) in [5.74, 6) is -3.31. The normalized spacial score (nSPS) is 25.9. The number of aliphatic hydroxyl groups is 4. The molecule has 0 unspecified atom stereocenters. The maximum atomic E-state index is 14.0. The van der Waals surface area contributed by atoms with Gasteiger partial charge in [0.1, 0.15) is 54.8 Å². The molecule has 2 fully saturated rings. The molecule has 0 bridgehead atoms. The molecule has 0 spiro atoms. The molecule has 3 amide bonds. The van der Waals surface area contributed by atoms with Gasteiger partial charge in [-0.25, -0.2) is 14.4 Å². The number of guanidine groups is 1. The Kier molecular flexibility index (Phi) is 26.7. The zero-order valence-corrected chi connectivity index (χ0v) is 43.1. The number of rotatable bonds is 35. The second-order valence-corrected chi connectivity index (χ2v) is 19.8. The van der Waals surface area contributed by atoms with Crippen LogP contribution in [0.15, 0.2) is 26.8 Å². The third-order valence-corrected chi connectivity index (χ3v) is 13.8. The van der Waals surface area contributed by atoms with Gasteiger partial charge in [0, 0.05) is 38.4 Å². The minimum atomic E-state index is -1.90. The van der Waals surface area contributed by atoms with E-state index in [1.165, 1.54) is 51.4 Å². The van der Waals surface area contributed by atoms with E-state index >= 15 is 0 Å². The van der Waals surface area contributed by atoms with Gasteiger partial charge in [0.25, 0.3) is 5.56 Å². The number of unbranched alkanes of at least 4 members (excludes halogenated alkanes) is 12. The number of aromatic amines is 1. The van der Waals surface area contributed by atoms with Crippen molar-refractivity contribution in [1.82, 2.24) is 41.5 Å². The van der Waals surface area contributed by atoms with E-state index in [4.69, 9.17) is 25.7 Å². The minimum Gasteiger partial charge on any atom is -0.480 e. The molecule has 3 aliphatic rings. The summed E-state index contributed by atoms with van der Waals surface area (Å²) < 4.78 is 18.2. The van der Waals surface area contributed by atoms with E-state index in [9.17, 15) is 59.4 Å². The number of aliphatic hydroxyl groups excluding tert-OH is 4. The lowest BCUT2D eigenvalue weighted by Crippen LogP contribution is -2.62. The first-order valence-electron chi connectivity index (χ1n) is 26.4. The fourth-order valence-corrected chi connectivity index (χ4v) is 9.42. The van der Waals surface area contributed by atoms with Crippen molar-refractivity contribution >= 4 is 29.8 Å². The second-order valence-electron chi connectivity index (χ2n) is 19.8. The van der Waals surface area contributed by atoms with Crippen molar-refractivity contribution in [3.63, 3.8) is 0 Å². The lowest BCUT2D eigenvalue weighted by atomic mass is 9.98. The first kappa shape index (κ1) is 61.8. The Morgan fingerprint density at radius 1 is 0.824 bits per heavy atom. The fraction of sp³-hybridized carbons (Fsp3) is 0.812. The average Bonchev–Trinajstić information content (AvgIpc) is 3.80. The van der Waals surface area contributed by atoms with Crippen LogP contribution >= 0.6 is 0 Å². The van der Waals surface area contributed by atoms with Crippen LogP contribution < -0.4 is 54.6 Å². The quantitative estimate of drug-likeness (QED) is 0.0340. The topological polar surface area (TPSA) is 409 Å². The molecule has 4 rings (SSSR count). The lowest BCUT2D eigenvalue weighted by molar-refractivity contribution is -0.228. The summed E-state index contributed by atoms with van der Waals surface area (Å²) in [6, 6.07) is -4.48. The number of hydrogen-bond acceptors (Lipinski definition) is 19. The summed E-state index contributed by atoms with van der Waals surface area (Å²) in [6.45, 7) is 5.74. The van der Waals surface area contributed by atoms with E-state index in [1.54, 1.807) is 13.8 Å². The van der Waals surface area contributed by atoms with E-state index in [1.807, 2.05) is 4.98 Å². The Morgan fingerprint density at radius 2 is 1.46 bits per heavy atom. The second kappa shape index (κ2) is 32.0. The van der Waals surface area contributed by atoms with Gasteiger partial charge in [-0.1, -0.05) is 104 Å². The number of carbonyl (C=O) groups is 4. The molecule has 0 radical (unpaired) electrons. The fourth-order valence-electron chi connectivity index (χ4n) is 9.42. The molecule has 17 N–H and O–H groups in total. The number of hydrogen-bond donors (Lipinski definition) is 15. The van der Waals surface area contributed by atoms with Gasteiger partial charge < -0.3 is 88.2 Å². The monoisotopic (exact) mass is 1060 g/mol. The van der Waals surface area contributed by atoms with Crippen LogP contribution in [0.25, 0.3) is 0 Å². The van der Waals surface area contributed by atoms with E-state index in [-0.39, 0.29) is 44.5 Å². The number of carbonyl (C=O) groups excluding carboxylic acids is 2. The zero-order valence-electron chi connectivity index (χ0n) is 43.1. The van der Waals surface area contributed by atoms with Gasteiger partial charge in [-0.3, -0.25) is 28.9 Å². The van der Waals surface area contributed by atoms with Crippen LogP contribution in [0.2, 0.25) is 0 Å². The summed E-state index contributed by atoms with van der Waals surface area (Å²) >= 11 is 0. The molecule has 4 heterocycles. The van der Waals surface area contributed by atoms with Gasteiger partial charge in [0.15, 0.2) is 18.5 Å². The molecule has 2 saturated heterocycles. The van der Waals surface area contributed by atoms with Crippen LogP contribution in [0, 0.1) is 5.92 Å². The van der Waals surface area contributed by atoms with Crippen LogP contribution in [0.5, 0.6) is 0 Å². The van der Waals surface area contributed by atoms with Crippen molar-refractivity contribution in [1.29, 1.82) is 0 Å². The van der Waals surface area contributed by atoms with E-state index in [2.05, 4.69) is 43.8 Å². The molecular formula is C48H85N11O15. The van der Waals surface area contributed by atoms with Crippen LogP contribution in [0.3, 0.4) is 0 Å². The molecule has 0 saturated carbocycles. The molecule has 0 aromatic carbocycles. The Morgan fingerprint density at radius 3 is 2.03 bits per heavy atom. The number of ether oxygens (including phenoxy) is 3. The summed E-state index contributed by atoms with van der Waals surface area (Å²) in [5, 5.41) is 81.3. The summed E-state index contributed by atoms with van der Waals surface area (Å²) in [5.41, 5.74) is 9.96. The SMILES string of the molecule is CCCCCCCCCCCCCCC[C@H](NC[C@@H](NC(=O)N[C@H](C(=O)O)C(C)C)[C@@H]1CCN=C(N)N1)C(=O)NCCCN[C@H](C(=O)O)[C@H](O[C@@H]1O[C@H](CN)[C@@H](O)[C@H]1O)[C@H]1O[C@@H](n2ccc(=O)[nH]c2=O)[C@H](O)[C@@H]1O. The number of carboxylic acid groups (broad SMARTS) is 2. The highest BCUT2D eigenvalue weighted by Gasteiger charge is 2.54. The highest BCUT2D eigenvalue weighted by molar-refractivity contribution is 5.83. The molecule has 1 aromatic rings. The van der Waals surface area contributed by atoms with Crippen molar-refractivity contribution in [3.05, 3.63) is 33.1 Å². The van der Waals surface area contributed by atoms with E-state index < -0.39 is 121 Å². The third kappa shape index (κ3) is 19.1. The minimum absolute atomic E-state index is 0.0425. The number of urea groups is 1. The molecular weight excluding hydrogens is 971 g/mol. The summed E-state index contributed by atoms with van der Waals surface area (Å²) in [4.78, 5) is 82.7. The Hall–Kier alpha value is -4.77. The Balaban J connectivity index is 1.43. The predicted octanol–water partition coefficient (Wildman–Crippen LogP) is -1.61. The zero-order chi connectivity index (χ0) is 54.3. The number of nitrogens with zero attached hydrogens (tertiary/aromatic N) is 2. The molecule has 0 aliphatic carbocycles. The van der Waals surface area contributed by atoms with E-state index in [0.717, 1.165) is 42.5 Å². The molecule has 3 aliphatic heterocycles. The van der Waals surface area contributed by atoms with Gasteiger partial charge in [-0.15, -0.1) is 0 Å². The first-order valence-corrected chi connectivity index (χ1v) is 26.4. The molecule has 422 valence electrons. The number of nitrogens with one attached hydrogen (secondary N) is 7. The summed E-state index contributed by atoms with van der Waals surface area (Å²) in [6.07, 6.45) is 2.03. The van der Waals surface area contributed by atoms with Crippen LogP contribution in [0.1, 0.15) is 130 Å². The third-order valence-electron chi connectivity index (χ3n) is 13.8. The van der Waals surface area contributed by atoms with Gasteiger partial charge in [-0.05, 0) is 31.7 Å². The summed E-state index contributed by atoms with van der Waals surface area (Å²) in [7, 11) is 0. The van der Waals surface area contributed by atoms with Gasteiger partial charge in [0.05, 0.1) is 18.1 Å². The number of aromatic nitrogens is 2. The molecule has 14 atom stereocenters. The largest absolute Gasteiger partial charge is 0.480 e. The van der Waals surface area contributed by atoms with Crippen molar-refractivity contribution < 1.29 is 64.0 Å². The number of H-pyrrole nitrogens is 1. The van der Waals surface area contributed by atoms with Gasteiger partial charge >= 0.3 is 23.7 Å². The molecule has 1 aromatic heterocycles. The van der Waals surface area contributed by atoms with Crippen molar-refractivity contribution in [3.8, 4) is 0 Å². The van der Waals surface area contributed by atoms with Crippen molar-refractivity contribution in [2.45, 2.75) is 209 Å². The van der Waals surface area contributed by atoms with Gasteiger partial charge in [0.2, 0.25) is 5.91 Å². The predicted molar refractivity (Wildman–Crippen MR) is 271 cm³/mol. The number of amides is 3. The Bertz CT molecular complexity index is 2030. The number of carboxylic acids is 2. The number of aliphatic carboxylic acids is 2. The molecule has 74 heavy (non-hydrogen) atoms. The number of nitrogens with two attached hydrogens (primary N) is 2. The van der Waals surface area contributed by atoms with Gasteiger partial charge in [-0.2, -0.15) is 0 Å². The highest BCUT2D eigenvalue weighted by atomic mass is 16.7. The van der Waals surface area contributed by atoms with Crippen LogP contribution in [-0.4, -0.2) is 182 Å². The Labute approximate surface area is 431 Å². The number of aliphatic imine (C=N–C) groups is 1. The molecule has 26 heteroatoms. The maximum absolute atomic E-state index is 14.0. The van der Waals surface area contributed by atoms with Crippen LogP contribution in [-0.2, 0) is 28.6 Å². The van der Waals surface area contributed by atoms with Crippen LogP contribution in [0.4, 0.5) is 4.79 Å².